The lowest BCUT2D eigenvalue weighted by atomic mass is 9.78. The summed E-state index contributed by atoms with van der Waals surface area (Å²) in [5.41, 5.74) is 1.50. The van der Waals surface area contributed by atoms with E-state index >= 15 is 0 Å². The van der Waals surface area contributed by atoms with E-state index in [1.807, 2.05) is 0 Å². The molecule has 4 rings (SSSR count). The molecule has 0 radical (unpaired) electrons. The van der Waals surface area contributed by atoms with Crippen LogP contribution >= 0.6 is 0 Å². The van der Waals surface area contributed by atoms with Gasteiger partial charge in [-0.2, -0.15) is 0 Å². The van der Waals surface area contributed by atoms with Crippen LogP contribution in [0.15, 0.2) is 11.6 Å². The molecule has 0 N–H and O–H groups in total. The summed E-state index contributed by atoms with van der Waals surface area (Å²) in [5, 5.41) is 0. The standard InChI is InChI=1S/C24H42N2O2/c1-6-25(7-2)16-12-20-13-17-26(20)19-10-14-24(15-11-19)22(28-24)23(5)21(27-23)9-8-18(3)4/h8,19-22H,6-7,9-17H2,1-5H3/t19?,20?,21-,22?,23-,24?/m1/s1. The molecule has 3 saturated heterocycles. The number of hydrogen-bond acceptors (Lipinski definition) is 4. The van der Waals surface area contributed by atoms with E-state index in [0.717, 1.165) is 18.5 Å². The van der Waals surface area contributed by atoms with Gasteiger partial charge >= 0.3 is 0 Å². The van der Waals surface area contributed by atoms with Gasteiger partial charge in [0.05, 0.1) is 11.7 Å². The second-order valence-electron chi connectivity index (χ2n) is 10.1. The highest BCUT2D eigenvalue weighted by molar-refractivity contribution is 5.22. The van der Waals surface area contributed by atoms with Crippen molar-refractivity contribution >= 4 is 0 Å². The summed E-state index contributed by atoms with van der Waals surface area (Å²) >= 11 is 0. The highest BCUT2D eigenvalue weighted by Gasteiger charge is 2.73. The fourth-order valence-corrected chi connectivity index (χ4v) is 5.89. The molecule has 4 atom stereocenters. The van der Waals surface area contributed by atoms with Crippen LogP contribution in [0.5, 0.6) is 0 Å². The van der Waals surface area contributed by atoms with Gasteiger partial charge in [0.1, 0.15) is 11.7 Å². The predicted octanol–water partition coefficient (Wildman–Crippen LogP) is 4.39. The SMILES string of the molecule is CCN(CC)CCC1CCN1C1CCC2(CC1)OC2[C@]1(C)O[C@@H]1CC=C(C)C. The van der Waals surface area contributed by atoms with Crippen LogP contribution in [0.4, 0.5) is 0 Å². The van der Waals surface area contributed by atoms with Crippen molar-refractivity contribution in [1.82, 2.24) is 9.80 Å². The Bertz CT molecular complexity index is 575. The maximum atomic E-state index is 6.35. The Hall–Kier alpha value is -0.420. The van der Waals surface area contributed by atoms with Crippen molar-refractivity contribution in [1.29, 1.82) is 0 Å². The first kappa shape index (κ1) is 20.8. The number of hydrogen-bond donors (Lipinski definition) is 0. The van der Waals surface area contributed by atoms with Gasteiger partial charge in [-0.3, -0.25) is 4.90 Å². The lowest BCUT2D eigenvalue weighted by Crippen LogP contribution is -2.55. The molecular formula is C24H42N2O2. The molecular weight excluding hydrogens is 348 g/mol. The van der Waals surface area contributed by atoms with Gasteiger partial charge in [-0.15, -0.1) is 0 Å². The summed E-state index contributed by atoms with van der Waals surface area (Å²) < 4.78 is 12.5. The molecule has 4 heteroatoms. The maximum absolute atomic E-state index is 6.35. The minimum atomic E-state index is -0.0260. The zero-order chi connectivity index (χ0) is 19.9. The average molecular weight is 391 g/mol. The third-order valence-corrected chi connectivity index (χ3v) is 8.15. The van der Waals surface area contributed by atoms with Crippen molar-refractivity contribution in [3.05, 3.63) is 11.6 Å². The fraction of sp³-hybridized carbons (Fsp3) is 0.917. The fourth-order valence-electron chi connectivity index (χ4n) is 5.89. The summed E-state index contributed by atoms with van der Waals surface area (Å²) in [7, 11) is 0. The number of nitrogens with zero attached hydrogens (tertiary/aromatic N) is 2. The lowest BCUT2D eigenvalue weighted by molar-refractivity contribution is 0.00437. The number of epoxide rings is 2. The van der Waals surface area contributed by atoms with Crippen molar-refractivity contribution in [2.45, 2.75) is 115 Å². The molecule has 4 aliphatic rings. The van der Waals surface area contributed by atoms with Crippen molar-refractivity contribution in [3.63, 3.8) is 0 Å². The third kappa shape index (κ3) is 3.95. The van der Waals surface area contributed by atoms with Crippen molar-refractivity contribution in [3.8, 4) is 0 Å². The second kappa shape index (κ2) is 8.02. The maximum Gasteiger partial charge on any atom is 0.121 e. The van der Waals surface area contributed by atoms with Gasteiger partial charge in [-0.25, -0.2) is 0 Å². The number of allylic oxidation sites excluding steroid dienone is 1. The van der Waals surface area contributed by atoms with Gasteiger partial charge in [-0.1, -0.05) is 25.5 Å². The van der Waals surface area contributed by atoms with Gasteiger partial charge in [0.2, 0.25) is 0 Å². The molecule has 1 spiro atoms. The van der Waals surface area contributed by atoms with E-state index in [0.29, 0.717) is 12.2 Å². The van der Waals surface area contributed by atoms with Crippen LogP contribution in [0, 0.1) is 0 Å². The molecule has 4 nitrogen and oxygen atoms in total. The van der Waals surface area contributed by atoms with E-state index in [1.54, 1.807) is 0 Å². The minimum Gasteiger partial charge on any atom is -0.363 e. The highest BCUT2D eigenvalue weighted by atomic mass is 16.7. The highest BCUT2D eigenvalue weighted by Crippen LogP contribution is 2.60. The van der Waals surface area contributed by atoms with E-state index in [9.17, 15) is 0 Å². The Labute approximate surface area is 172 Å². The van der Waals surface area contributed by atoms with Crippen LogP contribution in [0.3, 0.4) is 0 Å². The zero-order valence-electron chi connectivity index (χ0n) is 18.9. The Morgan fingerprint density at radius 3 is 2.39 bits per heavy atom. The summed E-state index contributed by atoms with van der Waals surface area (Å²) in [6.45, 7) is 16.1. The second-order valence-corrected chi connectivity index (χ2v) is 10.1. The first-order valence-electron chi connectivity index (χ1n) is 11.9. The van der Waals surface area contributed by atoms with Crippen molar-refractivity contribution in [2.24, 2.45) is 0 Å². The molecule has 3 heterocycles. The summed E-state index contributed by atoms with van der Waals surface area (Å²) in [6.07, 6.45) is 11.9. The smallest absolute Gasteiger partial charge is 0.121 e. The molecule has 1 aliphatic carbocycles. The van der Waals surface area contributed by atoms with Crippen molar-refractivity contribution in [2.75, 3.05) is 26.2 Å². The quantitative estimate of drug-likeness (QED) is 0.432. The van der Waals surface area contributed by atoms with E-state index in [-0.39, 0.29) is 11.2 Å². The first-order chi connectivity index (χ1) is 13.4. The molecule has 1 saturated carbocycles. The van der Waals surface area contributed by atoms with Gasteiger partial charge in [-0.05, 0) is 85.4 Å². The third-order valence-electron chi connectivity index (χ3n) is 8.15. The normalized spacial score (nSPS) is 42.5. The molecule has 2 unspecified atom stereocenters. The number of ether oxygens (including phenoxy) is 2. The molecule has 160 valence electrons. The summed E-state index contributed by atoms with van der Waals surface area (Å²) in [6, 6.07) is 1.62. The molecule has 0 bridgehead atoms. The molecule has 4 fully saturated rings. The lowest BCUT2D eigenvalue weighted by Gasteiger charge is -2.48. The predicted molar refractivity (Wildman–Crippen MR) is 115 cm³/mol. The van der Waals surface area contributed by atoms with Crippen LogP contribution in [0.25, 0.3) is 0 Å². The Kier molecular flexibility index (Phi) is 5.97. The van der Waals surface area contributed by atoms with E-state index in [1.165, 1.54) is 70.3 Å². The molecule has 28 heavy (non-hydrogen) atoms. The largest absolute Gasteiger partial charge is 0.363 e. The molecule has 0 aromatic carbocycles. The van der Waals surface area contributed by atoms with E-state index in [4.69, 9.17) is 9.47 Å². The zero-order valence-corrected chi connectivity index (χ0v) is 18.9. The van der Waals surface area contributed by atoms with E-state index in [2.05, 4.69) is 50.5 Å². The Morgan fingerprint density at radius 2 is 1.82 bits per heavy atom. The summed E-state index contributed by atoms with van der Waals surface area (Å²) in [4.78, 5) is 5.39. The Morgan fingerprint density at radius 1 is 1.11 bits per heavy atom. The molecule has 0 amide bonds. The Balaban J connectivity index is 1.22. The minimum absolute atomic E-state index is 0.0260. The van der Waals surface area contributed by atoms with Crippen molar-refractivity contribution < 1.29 is 9.47 Å². The topological polar surface area (TPSA) is 31.5 Å². The number of rotatable bonds is 9. The van der Waals surface area contributed by atoms with Gasteiger partial charge < -0.3 is 14.4 Å². The van der Waals surface area contributed by atoms with Crippen LogP contribution in [0.2, 0.25) is 0 Å². The van der Waals surface area contributed by atoms with Crippen LogP contribution in [-0.4, -0.2) is 71.5 Å². The van der Waals surface area contributed by atoms with Crippen LogP contribution < -0.4 is 0 Å². The van der Waals surface area contributed by atoms with Gasteiger partial charge in [0, 0.05) is 18.6 Å². The van der Waals surface area contributed by atoms with Crippen LogP contribution in [-0.2, 0) is 9.47 Å². The van der Waals surface area contributed by atoms with Gasteiger partial charge in [0.25, 0.3) is 0 Å². The first-order valence-corrected chi connectivity index (χ1v) is 11.9. The molecule has 0 aromatic heterocycles. The summed E-state index contributed by atoms with van der Waals surface area (Å²) in [5.74, 6) is 0. The monoisotopic (exact) mass is 390 g/mol. The van der Waals surface area contributed by atoms with Gasteiger partial charge in [0.15, 0.2) is 0 Å². The number of likely N-dealkylation sites (tertiary alicyclic amines) is 1. The molecule has 3 aliphatic heterocycles. The van der Waals surface area contributed by atoms with E-state index < -0.39 is 0 Å². The molecule has 0 aromatic rings. The van der Waals surface area contributed by atoms with Crippen LogP contribution in [0.1, 0.15) is 79.6 Å². The average Bonchev–Trinajstić information content (AvgIpc) is 3.54.